The number of carbonyl (C=O) groups excluding carboxylic acids is 1. The normalized spacial score (nSPS) is 17.1. The Bertz CT molecular complexity index is 728. The highest BCUT2D eigenvalue weighted by Gasteiger charge is 2.35. The van der Waals surface area contributed by atoms with E-state index in [0.717, 1.165) is 11.3 Å². The molecule has 2 aromatic rings. The first-order chi connectivity index (χ1) is 11.0. The molecule has 0 aliphatic carbocycles. The van der Waals surface area contributed by atoms with E-state index in [1.165, 1.54) is 12.1 Å². The van der Waals surface area contributed by atoms with Gasteiger partial charge in [0.15, 0.2) is 6.10 Å². The summed E-state index contributed by atoms with van der Waals surface area (Å²) in [6.45, 7) is 3.91. The summed E-state index contributed by atoms with van der Waals surface area (Å²) in [5.41, 5.74) is 7.99. The van der Waals surface area contributed by atoms with E-state index < -0.39 is 6.10 Å². The van der Waals surface area contributed by atoms with E-state index >= 15 is 0 Å². The molecule has 5 heteroatoms. The number of nitrogens with zero attached hydrogens (tertiary/aromatic N) is 1. The maximum absolute atomic E-state index is 13.0. The van der Waals surface area contributed by atoms with Crippen LogP contribution < -0.4 is 15.4 Å². The van der Waals surface area contributed by atoms with Crippen molar-refractivity contribution in [2.75, 3.05) is 10.6 Å². The lowest BCUT2D eigenvalue weighted by molar-refractivity contribution is -0.126. The average molecular weight is 314 g/mol. The molecule has 0 bridgehead atoms. The molecule has 2 aromatic carbocycles. The zero-order valence-corrected chi connectivity index (χ0v) is 13.1. The number of halogens is 1. The lowest BCUT2D eigenvalue weighted by Gasteiger charge is -2.37. The van der Waals surface area contributed by atoms with E-state index in [1.807, 2.05) is 13.8 Å². The number of anilines is 2. The van der Waals surface area contributed by atoms with Gasteiger partial charge in [0.05, 0.1) is 5.69 Å². The van der Waals surface area contributed by atoms with Crippen LogP contribution in [0, 0.1) is 5.82 Å². The topological polar surface area (TPSA) is 55.6 Å². The molecule has 1 unspecified atom stereocenters. The van der Waals surface area contributed by atoms with Gasteiger partial charge in [-0.3, -0.25) is 4.79 Å². The number of rotatable bonds is 3. The van der Waals surface area contributed by atoms with Gasteiger partial charge in [-0.1, -0.05) is 12.1 Å². The summed E-state index contributed by atoms with van der Waals surface area (Å²) in [5, 5.41) is 0. The Hall–Kier alpha value is -2.56. The summed E-state index contributed by atoms with van der Waals surface area (Å²) < 4.78 is 18.9. The number of nitrogen functional groups attached to an aromatic ring is 1. The summed E-state index contributed by atoms with van der Waals surface area (Å²) in [6.07, 6.45) is -0.256. The molecule has 0 saturated carbocycles. The molecule has 0 aromatic heterocycles. The highest BCUT2D eigenvalue weighted by Crippen LogP contribution is 2.37. The quantitative estimate of drug-likeness (QED) is 0.886. The minimum atomic E-state index is -0.642. The third kappa shape index (κ3) is 2.99. The molecule has 120 valence electrons. The predicted octanol–water partition coefficient (Wildman–Crippen LogP) is 3.15. The highest BCUT2D eigenvalue weighted by atomic mass is 19.1. The van der Waals surface area contributed by atoms with Crippen molar-refractivity contribution in [2.45, 2.75) is 32.4 Å². The number of hydrogen-bond acceptors (Lipinski definition) is 3. The molecule has 2 N–H and O–H groups in total. The van der Waals surface area contributed by atoms with Crippen LogP contribution in [0.25, 0.3) is 0 Å². The zero-order chi connectivity index (χ0) is 16.6. The van der Waals surface area contributed by atoms with Crippen LogP contribution in [0.4, 0.5) is 15.8 Å². The molecule has 1 heterocycles. The van der Waals surface area contributed by atoms with Crippen LogP contribution in [0.1, 0.15) is 19.4 Å². The fraction of sp³-hybridized carbons (Fsp3) is 0.278. The Labute approximate surface area is 134 Å². The second-order valence-corrected chi connectivity index (χ2v) is 5.97. The maximum atomic E-state index is 13.0. The van der Waals surface area contributed by atoms with Gasteiger partial charge in [-0.25, -0.2) is 4.39 Å². The van der Waals surface area contributed by atoms with Crippen molar-refractivity contribution >= 4 is 17.3 Å². The molecule has 1 aliphatic heterocycles. The second-order valence-electron chi connectivity index (χ2n) is 5.97. The van der Waals surface area contributed by atoms with Crippen LogP contribution in [0.15, 0.2) is 42.5 Å². The summed E-state index contributed by atoms with van der Waals surface area (Å²) in [7, 11) is 0. The Morgan fingerprint density at radius 3 is 2.57 bits per heavy atom. The van der Waals surface area contributed by atoms with Crippen LogP contribution in [0.5, 0.6) is 5.75 Å². The van der Waals surface area contributed by atoms with Crippen LogP contribution in [0.3, 0.4) is 0 Å². The number of hydrogen-bond donors (Lipinski definition) is 1. The van der Waals surface area contributed by atoms with E-state index in [1.54, 1.807) is 35.2 Å². The number of fused-ring (bicyclic) bond motifs is 1. The largest absolute Gasteiger partial charge is 0.478 e. The van der Waals surface area contributed by atoms with Gasteiger partial charge in [-0.2, -0.15) is 0 Å². The van der Waals surface area contributed by atoms with Gasteiger partial charge in [0.2, 0.25) is 0 Å². The standard InChI is InChI=1S/C18H19FN2O2/c1-11(2)21-15-8-7-14(20)10-16(15)23-17(18(21)22)9-12-3-5-13(19)6-4-12/h3-8,10-11,17H,9,20H2,1-2H3. The number of nitrogens with two attached hydrogens (primary N) is 1. The van der Waals surface area contributed by atoms with Gasteiger partial charge in [-0.05, 0) is 43.7 Å². The summed E-state index contributed by atoms with van der Waals surface area (Å²) in [5.74, 6) is 0.207. The third-order valence-electron chi connectivity index (χ3n) is 3.88. The molecule has 3 rings (SSSR count). The van der Waals surface area contributed by atoms with Gasteiger partial charge in [-0.15, -0.1) is 0 Å². The Balaban J connectivity index is 1.93. The molecule has 4 nitrogen and oxygen atoms in total. The fourth-order valence-electron chi connectivity index (χ4n) is 2.80. The predicted molar refractivity (Wildman–Crippen MR) is 88.0 cm³/mol. The first-order valence-electron chi connectivity index (χ1n) is 7.59. The Morgan fingerprint density at radius 2 is 1.91 bits per heavy atom. The third-order valence-corrected chi connectivity index (χ3v) is 3.88. The molecule has 0 spiro atoms. The van der Waals surface area contributed by atoms with Crippen LogP contribution >= 0.6 is 0 Å². The van der Waals surface area contributed by atoms with Gasteiger partial charge in [0, 0.05) is 24.2 Å². The van der Waals surface area contributed by atoms with E-state index in [9.17, 15) is 9.18 Å². The Kier molecular flexibility index (Phi) is 3.94. The van der Waals surface area contributed by atoms with E-state index in [-0.39, 0.29) is 17.8 Å². The molecular formula is C18H19FN2O2. The highest BCUT2D eigenvalue weighted by molar-refractivity contribution is 6.00. The zero-order valence-electron chi connectivity index (χ0n) is 13.1. The number of amides is 1. The first kappa shape index (κ1) is 15.3. The molecule has 0 fully saturated rings. The van der Waals surface area contributed by atoms with Crippen molar-refractivity contribution in [1.82, 2.24) is 0 Å². The number of ether oxygens (including phenoxy) is 1. The lowest BCUT2D eigenvalue weighted by atomic mass is 10.0. The van der Waals surface area contributed by atoms with E-state index in [2.05, 4.69) is 0 Å². The van der Waals surface area contributed by atoms with Crippen molar-refractivity contribution in [3.63, 3.8) is 0 Å². The minimum absolute atomic E-state index is 0.00416. The van der Waals surface area contributed by atoms with Crippen molar-refractivity contribution in [1.29, 1.82) is 0 Å². The first-order valence-corrected chi connectivity index (χ1v) is 7.59. The maximum Gasteiger partial charge on any atom is 0.268 e. The fourth-order valence-corrected chi connectivity index (χ4v) is 2.80. The smallest absolute Gasteiger partial charge is 0.268 e. The van der Waals surface area contributed by atoms with Gasteiger partial charge in [0.1, 0.15) is 11.6 Å². The number of benzene rings is 2. The van der Waals surface area contributed by atoms with Crippen LogP contribution in [0.2, 0.25) is 0 Å². The molecular weight excluding hydrogens is 295 g/mol. The van der Waals surface area contributed by atoms with Crippen LogP contribution in [-0.2, 0) is 11.2 Å². The van der Waals surface area contributed by atoms with E-state index in [4.69, 9.17) is 10.5 Å². The molecule has 0 radical (unpaired) electrons. The van der Waals surface area contributed by atoms with Crippen molar-refractivity contribution in [2.24, 2.45) is 0 Å². The molecule has 1 aliphatic rings. The molecule has 0 saturated heterocycles. The minimum Gasteiger partial charge on any atom is -0.478 e. The van der Waals surface area contributed by atoms with Gasteiger partial charge in [0.25, 0.3) is 5.91 Å². The molecule has 23 heavy (non-hydrogen) atoms. The molecule has 1 amide bonds. The van der Waals surface area contributed by atoms with Gasteiger partial charge < -0.3 is 15.4 Å². The summed E-state index contributed by atoms with van der Waals surface area (Å²) in [4.78, 5) is 14.5. The average Bonchev–Trinajstić information content (AvgIpc) is 2.50. The Morgan fingerprint density at radius 1 is 1.22 bits per heavy atom. The SMILES string of the molecule is CC(C)N1C(=O)C(Cc2ccc(F)cc2)Oc2cc(N)ccc21. The summed E-state index contributed by atoms with van der Waals surface area (Å²) in [6, 6.07) is 11.4. The second kappa shape index (κ2) is 5.91. The van der Waals surface area contributed by atoms with Gasteiger partial charge >= 0.3 is 0 Å². The summed E-state index contributed by atoms with van der Waals surface area (Å²) >= 11 is 0. The van der Waals surface area contributed by atoms with Crippen molar-refractivity contribution in [3.05, 3.63) is 53.8 Å². The van der Waals surface area contributed by atoms with E-state index in [0.29, 0.717) is 17.9 Å². The monoisotopic (exact) mass is 314 g/mol. The lowest BCUT2D eigenvalue weighted by Crippen LogP contribution is -2.50. The van der Waals surface area contributed by atoms with Crippen molar-refractivity contribution in [3.8, 4) is 5.75 Å². The van der Waals surface area contributed by atoms with Crippen LogP contribution in [-0.4, -0.2) is 18.1 Å². The number of carbonyl (C=O) groups is 1. The van der Waals surface area contributed by atoms with Crippen molar-refractivity contribution < 1.29 is 13.9 Å². The molecule has 1 atom stereocenters.